The van der Waals surface area contributed by atoms with E-state index in [1.807, 2.05) is 4.90 Å². The van der Waals surface area contributed by atoms with E-state index >= 15 is 0 Å². The van der Waals surface area contributed by atoms with Crippen molar-refractivity contribution in [2.45, 2.75) is 6.92 Å². The molecular formula is C15H16FN3O2S. The Bertz CT molecular complexity index is 747. The van der Waals surface area contributed by atoms with Gasteiger partial charge in [-0.2, -0.15) is 0 Å². The molecular weight excluding hydrogens is 305 g/mol. The van der Waals surface area contributed by atoms with E-state index in [1.54, 1.807) is 30.0 Å². The number of rotatable bonds is 2. The van der Waals surface area contributed by atoms with Crippen molar-refractivity contribution in [3.63, 3.8) is 0 Å². The number of hydrogen-bond acceptors (Lipinski definition) is 4. The predicted octanol–water partition coefficient (Wildman–Crippen LogP) is 1.85. The van der Waals surface area contributed by atoms with Crippen LogP contribution in [-0.4, -0.2) is 42.0 Å². The van der Waals surface area contributed by atoms with Gasteiger partial charge in [-0.15, -0.1) is 0 Å². The molecule has 1 aliphatic rings. The summed E-state index contributed by atoms with van der Waals surface area (Å²) in [5.74, 6) is -0.379. The SMILES string of the molecule is Cc1[nH]c(=O)sc1C(=O)N1CCN(c2ccccc2F)CC1. The third-order valence-electron chi connectivity index (χ3n) is 3.78. The van der Waals surface area contributed by atoms with Crippen LogP contribution >= 0.6 is 11.3 Å². The number of thiazole rings is 1. The summed E-state index contributed by atoms with van der Waals surface area (Å²) in [5, 5.41) is 0. The molecule has 0 saturated carbocycles. The first-order valence-electron chi connectivity index (χ1n) is 7.04. The van der Waals surface area contributed by atoms with Crippen molar-refractivity contribution in [3.05, 3.63) is 50.3 Å². The van der Waals surface area contributed by atoms with Crippen molar-refractivity contribution in [1.29, 1.82) is 0 Å². The lowest BCUT2D eigenvalue weighted by Gasteiger charge is -2.36. The topological polar surface area (TPSA) is 56.4 Å². The number of nitrogens with zero attached hydrogens (tertiary/aromatic N) is 2. The first-order chi connectivity index (χ1) is 10.6. The molecule has 1 aromatic carbocycles. The van der Waals surface area contributed by atoms with Gasteiger partial charge in [0.15, 0.2) is 0 Å². The number of anilines is 1. The van der Waals surface area contributed by atoms with Crippen LogP contribution in [0.5, 0.6) is 0 Å². The van der Waals surface area contributed by atoms with E-state index in [4.69, 9.17) is 0 Å². The normalized spacial score (nSPS) is 15.2. The zero-order chi connectivity index (χ0) is 15.7. The number of para-hydroxylation sites is 1. The van der Waals surface area contributed by atoms with E-state index < -0.39 is 0 Å². The van der Waals surface area contributed by atoms with Gasteiger partial charge in [-0.3, -0.25) is 9.59 Å². The maximum absolute atomic E-state index is 13.8. The highest BCUT2D eigenvalue weighted by atomic mass is 32.1. The fourth-order valence-electron chi connectivity index (χ4n) is 2.61. The minimum atomic E-state index is -0.248. The lowest BCUT2D eigenvalue weighted by Crippen LogP contribution is -2.49. The summed E-state index contributed by atoms with van der Waals surface area (Å²) in [6.45, 7) is 3.90. The molecule has 0 atom stereocenters. The Morgan fingerprint density at radius 1 is 1.23 bits per heavy atom. The van der Waals surface area contributed by atoms with Gasteiger partial charge in [-0.05, 0) is 19.1 Å². The molecule has 3 rings (SSSR count). The van der Waals surface area contributed by atoms with Gasteiger partial charge in [0.2, 0.25) is 0 Å². The van der Waals surface area contributed by atoms with Crippen LogP contribution in [0.25, 0.3) is 0 Å². The number of amides is 1. The number of benzene rings is 1. The summed E-state index contributed by atoms with van der Waals surface area (Å²) in [5.41, 5.74) is 1.17. The molecule has 22 heavy (non-hydrogen) atoms. The minimum absolute atomic E-state index is 0.131. The summed E-state index contributed by atoms with van der Waals surface area (Å²) < 4.78 is 13.8. The number of piperazine rings is 1. The van der Waals surface area contributed by atoms with Crippen LogP contribution in [0, 0.1) is 12.7 Å². The number of nitrogens with one attached hydrogen (secondary N) is 1. The van der Waals surface area contributed by atoms with Crippen LogP contribution < -0.4 is 9.77 Å². The molecule has 7 heteroatoms. The number of aryl methyl sites for hydroxylation is 1. The predicted molar refractivity (Wildman–Crippen MR) is 84.2 cm³/mol. The number of H-pyrrole nitrogens is 1. The standard InChI is InChI=1S/C15H16FN3O2S/c1-10-13(22-15(21)17-10)14(20)19-8-6-18(7-9-19)12-5-3-2-4-11(12)16/h2-5H,6-9H2,1H3,(H,17,21). The van der Waals surface area contributed by atoms with Gasteiger partial charge in [-0.1, -0.05) is 23.5 Å². The van der Waals surface area contributed by atoms with E-state index in [9.17, 15) is 14.0 Å². The Hall–Kier alpha value is -2.15. The number of hydrogen-bond donors (Lipinski definition) is 1. The smallest absolute Gasteiger partial charge is 0.305 e. The number of halogens is 1. The third kappa shape index (κ3) is 2.76. The van der Waals surface area contributed by atoms with E-state index in [0.29, 0.717) is 42.4 Å². The second-order valence-corrected chi connectivity index (χ2v) is 6.18. The summed E-state index contributed by atoms with van der Waals surface area (Å²) in [4.78, 5) is 30.3. The Morgan fingerprint density at radius 3 is 2.50 bits per heavy atom. The largest absolute Gasteiger partial charge is 0.366 e. The minimum Gasteiger partial charge on any atom is -0.366 e. The highest BCUT2D eigenvalue weighted by Gasteiger charge is 2.25. The highest BCUT2D eigenvalue weighted by molar-refractivity contribution is 7.11. The van der Waals surface area contributed by atoms with Crippen molar-refractivity contribution in [2.24, 2.45) is 0 Å². The Balaban J connectivity index is 1.69. The van der Waals surface area contributed by atoms with Crippen molar-refractivity contribution in [3.8, 4) is 0 Å². The molecule has 0 bridgehead atoms. The molecule has 1 amide bonds. The van der Waals surface area contributed by atoms with Gasteiger partial charge in [-0.25, -0.2) is 4.39 Å². The van der Waals surface area contributed by atoms with Gasteiger partial charge >= 0.3 is 4.87 Å². The highest BCUT2D eigenvalue weighted by Crippen LogP contribution is 2.21. The molecule has 5 nitrogen and oxygen atoms in total. The van der Waals surface area contributed by atoms with E-state index in [-0.39, 0.29) is 16.6 Å². The van der Waals surface area contributed by atoms with Crippen LogP contribution in [0.1, 0.15) is 15.4 Å². The second-order valence-electron chi connectivity index (χ2n) is 5.20. The average molecular weight is 321 g/mol. The van der Waals surface area contributed by atoms with Crippen molar-refractivity contribution in [2.75, 3.05) is 31.1 Å². The molecule has 0 spiro atoms. The summed E-state index contributed by atoms with van der Waals surface area (Å²) in [7, 11) is 0. The third-order valence-corrected chi connectivity index (χ3v) is 4.75. The molecule has 0 aliphatic carbocycles. The van der Waals surface area contributed by atoms with Crippen LogP contribution in [-0.2, 0) is 0 Å². The lowest BCUT2D eigenvalue weighted by atomic mass is 10.2. The van der Waals surface area contributed by atoms with E-state index in [2.05, 4.69) is 4.98 Å². The number of carbonyl (C=O) groups is 1. The zero-order valence-corrected chi connectivity index (χ0v) is 13.0. The van der Waals surface area contributed by atoms with Gasteiger partial charge in [0, 0.05) is 31.9 Å². The quantitative estimate of drug-likeness (QED) is 0.918. The molecule has 116 valence electrons. The average Bonchev–Trinajstić information content (AvgIpc) is 2.86. The Kier molecular flexibility index (Phi) is 3.98. The molecule has 0 radical (unpaired) electrons. The van der Waals surface area contributed by atoms with Crippen molar-refractivity contribution >= 4 is 22.9 Å². The first kappa shape index (κ1) is 14.8. The molecule has 1 aromatic heterocycles. The van der Waals surface area contributed by atoms with Crippen LogP contribution in [0.4, 0.5) is 10.1 Å². The van der Waals surface area contributed by atoms with Crippen molar-refractivity contribution in [1.82, 2.24) is 9.88 Å². The maximum Gasteiger partial charge on any atom is 0.305 e. The van der Waals surface area contributed by atoms with Gasteiger partial charge in [0.1, 0.15) is 10.7 Å². The summed E-state index contributed by atoms with van der Waals surface area (Å²) in [6.07, 6.45) is 0. The van der Waals surface area contributed by atoms with Crippen molar-refractivity contribution < 1.29 is 9.18 Å². The van der Waals surface area contributed by atoms with Gasteiger partial charge < -0.3 is 14.8 Å². The second kappa shape index (κ2) is 5.92. The van der Waals surface area contributed by atoms with Crippen LogP contribution in [0.15, 0.2) is 29.1 Å². The first-order valence-corrected chi connectivity index (χ1v) is 7.86. The molecule has 0 unspecified atom stereocenters. The maximum atomic E-state index is 13.8. The molecule has 1 N–H and O–H groups in total. The van der Waals surface area contributed by atoms with Crippen LogP contribution in [0.2, 0.25) is 0 Å². The molecule has 1 fully saturated rings. The molecule has 2 heterocycles. The number of aromatic nitrogens is 1. The summed E-state index contributed by atoms with van der Waals surface area (Å²) in [6, 6.07) is 6.65. The lowest BCUT2D eigenvalue weighted by molar-refractivity contribution is 0.0750. The Morgan fingerprint density at radius 2 is 1.91 bits per heavy atom. The number of carbonyl (C=O) groups excluding carboxylic acids is 1. The monoisotopic (exact) mass is 321 g/mol. The van der Waals surface area contributed by atoms with Gasteiger partial charge in [0.05, 0.1) is 5.69 Å². The Labute approximate surface area is 131 Å². The fourth-order valence-corrected chi connectivity index (χ4v) is 3.42. The molecule has 1 saturated heterocycles. The zero-order valence-electron chi connectivity index (χ0n) is 12.1. The van der Waals surface area contributed by atoms with E-state index in [1.165, 1.54) is 6.07 Å². The van der Waals surface area contributed by atoms with Crippen LogP contribution in [0.3, 0.4) is 0 Å². The van der Waals surface area contributed by atoms with Gasteiger partial charge in [0.25, 0.3) is 5.91 Å². The fraction of sp³-hybridized carbons (Fsp3) is 0.333. The summed E-state index contributed by atoms with van der Waals surface area (Å²) >= 11 is 0.940. The molecule has 1 aliphatic heterocycles. The van der Waals surface area contributed by atoms with E-state index in [0.717, 1.165) is 11.3 Å². The number of aromatic amines is 1. The molecule has 2 aromatic rings.